The highest BCUT2D eigenvalue weighted by molar-refractivity contribution is 5.78. The topological polar surface area (TPSA) is 36.2 Å². The van der Waals surface area contributed by atoms with E-state index < -0.39 is 0 Å². The number of nitrogens with zero attached hydrogens (tertiary/aromatic N) is 1. The summed E-state index contributed by atoms with van der Waals surface area (Å²) in [7, 11) is 0. The van der Waals surface area contributed by atoms with Gasteiger partial charge < -0.3 is 0 Å². The van der Waals surface area contributed by atoms with Crippen molar-refractivity contribution in [1.82, 2.24) is 0 Å². The minimum Gasteiger partial charge on any atom is -0.290 e. The third-order valence-corrected chi connectivity index (χ3v) is 0.618. The Hall–Kier alpha value is -0.920. The molecule has 0 saturated heterocycles. The van der Waals surface area contributed by atoms with Crippen LogP contribution in [0.1, 0.15) is 13.3 Å². The highest BCUT2D eigenvalue weighted by atomic mass is 14.7. The minimum absolute atomic E-state index is 1.01. The molecule has 0 aromatic carbocycles. The van der Waals surface area contributed by atoms with Gasteiger partial charge in [0.25, 0.3) is 0 Å². The van der Waals surface area contributed by atoms with E-state index in [1.54, 1.807) is 6.21 Å². The Morgan fingerprint density at radius 1 is 1.62 bits per heavy atom. The molecule has 0 amide bonds. The molecular formula is C6H10N2. The fourth-order valence-electron chi connectivity index (χ4n) is 0.290. The molecule has 0 heterocycles. The lowest BCUT2D eigenvalue weighted by Gasteiger charge is -1.70. The molecule has 0 aromatic rings. The summed E-state index contributed by atoms with van der Waals surface area (Å²) >= 11 is 0. The van der Waals surface area contributed by atoms with Crippen LogP contribution in [0.5, 0.6) is 0 Å². The second-order valence-corrected chi connectivity index (χ2v) is 1.26. The fourth-order valence-corrected chi connectivity index (χ4v) is 0.290. The average Bonchev–Trinajstić information content (AvgIpc) is 1.81. The van der Waals surface area contributed by atoms with Gasteiger partial charge in [-0.25, -0.2) is 4.99 Å². The SMILES string of the molecule is CC/C=C\C=NC=N. The third-order valence-electron chi connectivity index (χ3n) is 0.618. The first kappa shape index (κ1) is 7.08. The van der Waals surface area contributed by atoms with E-state index in [-0.39, 0.29) is 0 Å². The van der Waals surface area contributed by atoms with Crippen LogP contribution in [0, 0.1) is 5.41 Å². The van der Waals surface area contributed by atoms with Crippen molar-refractivity contribution in [2.75, 3.05) is 0 Å². The van der Waals surface area contributed by atoms with Crippen LogP contribution >= 0.6 is 0 Å². The molecule has 0 bridgehead atoms. The number of hydrogen-bond acceptors (Lipinski definition) is 1. The van der Waals surface area contributed by atoms with E-state index in [1.165, 1.54) is 0 Å². The van der Waals surface area contributed by atoms with Crippen molar-refractivity contribution >= 4 is 12.6 Å². The van der Waals surface area contributed by atoms with Gasteiger partial charge in [-0.1, -0.05) is 13.0 Å². The van der Waals surface area contributed by atoms with Crippen LogP contribution in [0.4, 0.5) is 0 Å². The molecule has 0 aliphatic heterocycles. The summed E-state index contributed by atoms with van der Waals surface area (Å²) in [5.41, 5.74) is 0. The maximum atomic E-state index is 6.48. The normalized spacial score (nSPS) is 11.1. The third kappa shape index (κ3) is 5.08. The van der Waals surface area contributed by atoms with Crippen molar-refractivity contribution < 1.29 is 0 Å². The van der Waals surface area contributed by atoms with Crippen molar-refractivity contribution in [2.45, 2.75) is 13.3 Å². The Morgan fingerprint density at radius 3 is 2.88 bits per heavy atom. The zero-order valence-corrected chi connectivity index (χ0v) is 4.96. The molecule has 8 heavy (non-hydrogen) atoms. The largest absolute Gasteiger partial charge is 0.290 e. The summed E-state index contributed by atoms with van der Waals surface area (Å²) in [4.78, 5) is 3.54. The van der Waals surface area contributed by atoms with Crippen LogP contribution in [0.2, 0.25) is 0 Å². The highest BCUT2D eigenvalue weighted by Gasteiger charge is 1.60. The van der Waals surface area contributed by atoms with Gasteiger partial charge in [0.15, 0.2) is 0 Å². The van der Waals surface area contributed by atoms with E-state index in [9.17, 15) is 0 Å². The molecule has 0 spiro atoms. The van der Waals surface area contributed by atoms with Gasteiger partial charge in [0.2, 0.25) is 0 Å². The van der Waals surface area contributed by atoms with Crippen molar-refractivity contribution in [1.29, 1.82) is 5.41 Å². The number of hydrogen-bond donors (Lipinski definition) is 1. The molecule has 2 nitrogen and oxygen atoms in total. The molecule has 1 N–H and O–H groups in total. The monoisotopic (exact) mass is 110 g/mol. The maximum absolute atomic E-state index is 6.48. The molecule has 0 unspecified atom stereocenters. The van der Waals surface area contributed by atoms with Crippen LogP contribution in [-0.4, -0.2) is 12.6 Å². The van der Waals surface area contributed by atoms with Gasteiger partial charge in [0.1, 0.15) is 6.34 Å². The van der Waals surface area contributed by atoms with Crippen LogP contribution in [0.15, 0.2) is 17.1 Å². The molecule has 0 atom stereocenters. The predicted octanol–water partition coefficient (Wildman–Crippen LogP) is 1.63. The molecule has 2 heteroatoms. The Balaban J connectivity index is 3.26. The molecule has 0 aromatic heterocycles. The summed E-state index contributed by atoms with van der Waals surface area (Å²) < 4.78 is 0. The first-order valence-corrected chi connectivity index (χ1v) is 2.59. The average molecular weight is 110 g/mol. The van der Waals surface area contributed by atoms with Crippen molar-refractivity contribution in [3.05, 3.63) is 12.2 Å². The zero-order valence-electron chi connectivity index (χ0n) is 4.96. The van der Waals surface area contributed by atoms with Crippen molar-refractivity contribution in [3.8, 4) is 0 Å². The summed E-state index contributed by atoms with van der Waals surface area (Å²) in [5.74, 6) is 0. The zero-order chi connectivity index (χ0) is 6.24. The molecule has 0 fully saturated rings. The number of aliphatic imine (C=N–C) groups is 1. The van der Waals surface area contributed by atoms with Gasteiger partial charge in [-0.05, 0) is 12.5 Å². The second-order valence-electron chi connectivity index (χ2n) is 1.26. The van der Waals surface area contributed by atoms with Gasteiger partial charge in [-0.15, -0.1) is 0 Å². The molecule has 44 valence electrons. The van der Waals surface area contributed by atoms with Gasteiger partial charge in [-0.3, -0.25) is 5.41 Å². The van der Waals surface area contributed by atoms with Gasteiger partial charge in [0.05, 0.1) is 0 Å². The number of rotatable bonds is 3. The van der Waals surface area contributed by atoms with Gasteiger partial charge >= 0.3 is 0 Å². The van der Waals surface area contributed by atoms with Crippen LogP contribution in [0.3, 0.4) is 0 Å². The molecule has 0 aliphatic rings. The Bertz CT molecular complexity index is 103. The molecular weight excluding hydrogens is 100 g/mol. The first-order valence-electron chi connectivity index (χ1n) is 2.59. The lowest BCUT2D eigenvalue weighted by atomic mass is 10.4. The van der Waals surface area contributed by atoms with E-state index in [2.05, 4.69) is 11.9 Å². The van der Waals surface area contributed by atoms with E-state index >= 15 is 0 Å². The maximum Gasteiger partial charge on any atom is 0.106 e. The van der Waals surface area contributed by atoms with Crippen LogP contribution < -0.4 is 0 Å². The summed E-state index contributed by atoms with van der Waals surface area (Å²) in [6.07, 6.45) is 7.43. The molecule has 0 saturated carbocycles. The standard InChI is InChI=1S/C6H10N2/c1-2-3-4-5-8-6-7/h3-7H,2H2,1H3/b4-3-,7-6?,8-5?. The minimum atomic E-state index is 1.01. The van der Waals surface area contributed by atoms with E-state index in [4.69, 9.17) is 5.41 Å². The van der Waals surface area contributed by atoms with Gasteiger partial charge in [-0.2, -0.15) is 0 Å². The number of allylic oxidation sites excluding steroid dienone is 2. The van der Waals surface area contributed by atoms with Crippen molar-refractivity contribution in [3.63, 3.8) is 0 Å². The van der Waals surface area contributed by atoms with Gasteiger partial charge in [0, 0.05) is 6.21 Å². The smallest absolute Gasteiger partial charge is 0.106 e. The first-order chi connectivity index (χ1) is 3.91. The van der Waals surface area contributed by atoms with E-state index in [0.29, 0.717) is 0 Å². The van der Waals surface area contributed by atoms with E-state index in [1.807, 2.05) is 12.2 Å². The Morgan fingerprint density at radius 2 is 2.38 bits per heavy atom. The van der Waals surface area contributed by atoms with Crippen LogP contribution in [-0.2, 0) is 0 Å². The summed E-state index contributed by atoms with van der Waals surface area (Å²) in [6.45, 7) is 2.05. The Kier molecular flexibility index (Phi) is 5.38. The number of nitrogens with one attached hydrogen (secondary N) is 1. The summed E-state index contributed by atoms with van der Waals surface area (Å²) in [5, 5.41) is 6.48. The molecule has 0 radical (unpaired) electrons. The molecule has 0 rings (SSSR count). The quantitative estimate of drug-likeness (QED) is 0.423. The predicted molar refractivity (Wildman–Crippen MR) is 36.7 cm³/mol. The van der Waals surface area contributed by atoms with Crippen LogP contribution in [0.25, 0.3) is 0 Å². The highest BCUT2D eigenvalue weighted by Crippen LogP contribution is 1.74. The van der Waals surface area contributed by atoms with Crippen molar-refractivity contribution in [2.24, 2.45) is 4.99 Å². The fraction of sp³-hybridized carbons (Fsp3) is 0.333. The Labute approximate surface area is 49.5 Å². The molecule has 0 aliphatic carbocycles. The lowest BCUT2D eigenvalue weighted by molar-refractivity contribution is 1.23. The second kappa shape index (κ2) is 6.08. The van der Waals surface area contributed by atoms with E-state index in [0.717, 1.165) is 12.8 Å². The summed E-state index contributed by atoms with van der Waals surface area (Å²) in [6, 6.07) is 0. The lowest BCUT2D eigenvalue weighted by Crippen LogP contribution is -1.63.